The average molecular weight is 240 g/mol. The van der Waals surface area contributed by atoms with Crippen molar-refractivity contribution in [3.63, 3.8) is 0 Å². The van der Waals surface area contributed by atoms with Crippen LogP contribution in [0.1, 0.15) is 46.0 Å². The van der Waals surface area contributed by atoms with Crippen molar-refractivity contribution in [2.45, 2.75) is 58.2 Å². The first kappa shape index (κ1) is 16.4. The summed E-state index contributed by atoms with van der Waals surface area (Å²) in [6.45, 7) is 11.4. The minimum Gasteiger partial charge on any atom is -0.393 e. The lowest BCUT2D eigenvalue weighted by Gasteiger charge is -2.29. The zero-order chi connectivity index (χ0) is 13.3. The monoisotopic (exact) mass is 240 g/mol. The molecule has 100 valence electrons. The van der Waals surface area contributed by atoms with Crippen molar-refractivity contribution in [2.75, 3.05) is 0 Å². The maximum absolute atomic E-state index is 9.99. The third kappa shape index (κ3) is 6.04. The number of aliphatic hydroxyl groups excluding tert-OH is 2. The van der Waals surface area contributed by atoms with Crippen molar-refractivity contribution in [3.8, 4) is 0 Å². The van der Waals surface area contributed by atoms with Gasteiger partial charge < -0.3 is 10.2 Å². The summed E-state index contributed by atoms with van der Waals surface area (Å²) in [5.74, 6) is 0.396. The molecule has 0 saturated heterocycles. The van der Waals surface area contributed by atoms with Gasteiger partial charge >= 0.3 is 0 Å². The molecule has 0 heterocycles. The third-order valence-electron chi connectivity index (χ3n) is 3.43. The van der Waals surface area contributed by atoms with Gasteiger partial charge in [0.25, 0.3) is 0 Å². The molecule has 0 fully saturated rings. The molecule has 17 heavy (non-hydrogen) atoms. The van der Waals surface area contributed by atoms with Crippen molar-refractivity contribution in [1.82, 2.24) is 0 Å². The molecule has 0 rings (SSSR count). The predicted molar refractivity (Wildman–Crippen MR) is 73.8 cm³/mol. The summed E-state index contributed by atoms with van der Waals surface area (Å²) < 4.78 is 0. The van der Waals surface area contributed by atoms with Crippen molar-refractivity contribution in [1.29, 1.82) is 0 Å². The minimum absolute atomic E-state index is 0.0325. The highest BCUT2D eigenvalue weighted by atomic mass is 16.3. The molecule has 0 aromatic heterocycles. The van der Waals surface area contributed by atoms with Gasteiger partial charge in [-0.1, -0.05) is 26.0 Å². The molecule has 0 spiro atoms. The first-order valence-electron chi connectivity index (χ1n) is 6.68. The van der Waals surface area contributed by atoms with E-state index in [0.29, 0.717) is 18.8 Å². The molecule has 0 aromatic rings. The lowest BCUT2D eigenvalue weighted by Crippen LogP contribution is -2.32. The zero-order valence-electron chi connectivity index (χ0n) is 11.3. The van der Waals surface area contributed by atoms with Crippen LogP contribution >= 0.6 is 0 Å². The van der Waals surface area contributed by atoms with Gasteiger partial charge in [-0.15, -0.1) is 13.2 Å². The van der Waals surface area contributed by atoms with E-state index in [-0.39, 0.29) is 5.92 Å². The van der Waals surface area contributed by atoms with E-state index in [1.54, 1.807) is 0 Å². The van der Waals surface area contributed by atoms with Crippen molar-refractivity contribution in [3.05, 3.63) is 25.3 Å². The molecule has 2 nitrogen and oxygen atoms in total. The van der Waals surface area contributed by atoms with E-state index in [2.05, 4.69) is 13.2 Å². The number of hydrogen-bond acceptors (Lipinski definition) is 2. The Labute approximate surface area is 106 Å². The minimum atomic E-state index is -0.415. The number of rotatable bonds is 10. The summed E-state index contributed by atoms with van der Waals surface area (Å²) in [5, 5.41) is 20.0. The Kier molecular flexibility index (Phi) is 9.10. The molecular weight excluding hydrogens is 212 g/mol. The molecule has 2 unspecified atom stereocenters. The highest BCUT2D eigenvalue weighted by Gasteiger charge is 2.26. The van der Waals surface area contributed by atoms with E-state index < -0.39 is 12.2 Å². The molecule has 0 radical (unpaired) electrons. The van der Waals surface area contributed by atoms with Crippen LogP contribution < -0.4 is 0 Å². The Hall–Kier alpha value is -0.600. The van der Waals surface area contributed by atoms with E-state index in [4.69, 9.17) is 0 Å². The van der Waals surface area contributed by atoms with Crippen LogP contribution in [0, 0.1) is 11.8 Å². The molecule has 0 saturated carbocycles. The van der Waals surface area contributed by atoms with Crippen LogP contribution in [0.3, 0.4) is 0 Å². The Morgan fingerprint density at radius 1 is 0.941 bits per heavy atom. The van der Waals surface area contributed by atoms with Gasteiger partial charge in [0.2, 0.25) is 0 Å². The molecule has 2 heteroatoms. The molecule has 0 aliphatic rings. The van der Waals surface area contributed by atoms with Crippen molar-refractivity contribution >= 4 is 0 Å². The second-order valence-corrected chi connectivity index (χ2v) is 4.77. The smallest absolute Gasteiger partial charge is 0.0590 e. The molecule has 0 aliphatic carbocycles. The van der Waals surface area contributed by atoms with Gasteiger partial charge in [-0.05, 0) is 38.0 Å². The van der Waals surface area contributed by atoms with Crippen LogP contribution in [0.2, 0.25) is 0 Å². The maximum atomic E-state index is 9.99. The largest absolute Gasteiger partial charge is 0.393 e. The summed E-state index contributed by atoms with van der Waals surface area (Å²) in [4.78, 5) is 0. The zero-order valence-corrected chi connectivity index (χ0v) is 11.3. The van der Waals surface area contributed by atoms with Gasteiger partial charge in [-0.3, -0.25) is 0 Å². The number of allylic oxidation sites excluding steroid dienone is 2. The number of aliphatic hydroxyl groups is 2. The fourth-order valence-corrected chi connectivity index (χ4v) is 2.32. The Bertz CT molecular complexity index is 193. The number of hydrogen-bond donors (Lipinski definition) is 2. The second kappa shape index (κ2) is 9.43. The highest BCUT2D eigenvalue weighted by Crippen LogP contribution is 2.27. The van der Waals surface area contributed by atoms with Gasteiger partial charge in [0.1, 0.15) is 0 Å². The normalized spacial score (nSPS) is 16.5. The predicted octanol–water partition coefficient (Wildman–Crippen LogP) is 3.30. The summed E-state index contributed by atoms with van der Waals surface area (Å²) in [6.07, 6.45) is 7.02. The summed E-state index contributed by atoms with van der Waals surface area (Å²) >= 11 is 0. The van der Waals surface area contributed by atoms with E-state index in [1.165, 1.54) is 0 Å². The lowest BCUT2D eigenvalue weighted by molar-refractivity contribution is -0.00314. The Morgan fingerprint density at radius 3 is 1.65 bits per heavy atom. The third-order valence-corrected chi connectivity index (χ3v) is 3.43. The van der Waals surface area contributed by atoms with Crippen molar-refractivity contribution in [2.24, 2.45) is 11.8 Å². The molecule has 2 atom stereocenters. The fraction of sp³-hybridized carbons (Fsp3) is 0.733. The van der Waals surface area contributed by atoms with Crippen LogP contribution in [-0.2, 0) is 0 Å². The van der Waals surface area contributed by atoms with Gasteiger partial charge in [-0.25, -0.2) is 0 Å². The van der Waals surface area contributed by atoms with Gasteiger partial charge in [0.05, 0.1) is 12.2 Å². The summed E-state index contributed by atoms with van der Waals surface area (Å²) in [6, 6.07) is 0. The maximum Gasteiger partial charge on any atom is 0.0590 e. The van der Waals surface area contributed by atoms with Gasteiger partial charge in [0.15, 0.2) is 0 Å². The van der Waals surface area contributed by atoms with E-state index in [0.717, 1.165) is 19.3 Å². The molecule has 0 amide bonds. The molecular formula is C15H28O2. The molecule has 2 N–H and O–H groups in total. The first-order chi connectivity index (χ1) is 8.10. The van der Waals surface area contributed by atoms with E-state index >= 15 is 0 Å². The Balaban J connectivity index is 4.56. The van der Waals surface area contributed by atoms with Crippen LogP contribution in [0.25, 0.3) is 0 Å². The van der Waals surface area contributed by atoms with Crippen LogP contribution in [0.5, 0.6) is 0 Å². The lowest BCUT2D eigenvalue weighted by atomic mass is 9.82. The standard InChI is InChI=1S/C15H28O2/c1-5-9-12(10-6-2)11-13(14(16)7-3)15(17)8-4/h5-6,12-17H,1-2,7-11H2,3-4H3. The fourth-order valence-electron chi connectivity index (χ4n) is 2.32. The van der Waals surface area contributed by atoms with Gasteiger partial charge in [-0.2, -0.15) is 0 Å². The second-order valence-electron chi connectivity index (χ2n) is 4.77. The summed E-state index contributed by atoms with van der Waals surface area (Å²) in [5.41, 5.74) is 0. The molecule has 0 aromatic carbocycles. The van der Waals surface area contributed by atoms with Gasteiger partial charge in [0, 0.05) is 5.92 Å². The molecule has 0 aliphatic heterocycles. The molecule has 0 bridgehead atoms. The van der Waals surface area contributed by atoms with Crippen LogP contribution in [0.15, 0.2) is 25.3 Å². The van der Waals surface area contributed by atoms with E-state index in [9.17, 15) is 10.2 Å². The van der Waals surface area contributed by atoms with E-state index in [1.807, 2.05) is 26.0 Å². The summed E-state index contributed by atoms with van der Waals surface area (Å²) in [7, 11) is 0. The van der Waals surface area contributed by atoms with Crippen LogP contribution in [0.4, 0.5) is 0 Å². The SMILES string of the molecule is C=CCC(CC=C)CC(C(O)CC)C(O)CC. The average Bonchev–Trinajstić information content (AvgIpc) is 2.34. The first-order valence-corrected chi connectivity index (χ1v) is 6.68. The Morgan fingerprint density at radius 2 is 1.35 bits per heavy atom. The quantitative estimate of drug-likeness (QED) is 0.575. The topological polar surface area (TPSA) is 40.5 Å². The van der Waals surface area contributed by atoms with Crippen molar-refractivity contribution < 1.29 is 10.2 Å². The van der Waals surface area contributed by atoms with Crippen LogP contribution in [-0.4, -0.2) is 22.4 Å². The highest BCUT2D eigenvalue weighted by molar-refractivity contribution is 4.84.